The van der Waals surface area contributed by atoms with Crippen LogP contribution in [0.4, 0.5) is 0 Å². The molecule has 0 atom stereocenters. The number of halogens is 1. The topological polar surface area (TPSA) is 77.2 Å². The van der Waals surface area contributed by atoms with Gasteiger partial charge in [0, 0.05) is 12.7 Å². The predicted octanol–water partition coefficient (Wildman–Crippen LogP) is 2.36. The molecular weight excluding hydrogens is 282 g/mol. The fourth-order valence-corrected chi connectivity index (χ4v) is 2.01. The van der Waals surface area contributed by atoms with E-state index >= 15 is 0 Å². The van der Waals surface area contributed by atoms with E-state index in [1.807, 2.05) is 0 Å². The maximum absolute atomic E-state index is 11.1. The molecule has 0 radical (unpaired) electrons. The molecule has 2 aromatic heterocycles. The Morgan fingerprint density at radius 2 is 2.15 bits per heavy atom. The third kappa shape index (κ3) is 2.75. The second-order valence-corrected chi connectivity index (χ2v) is 4.74. The van der Waals surface area contributed by atoms with E-state index in [1.54, 1.807) is 37.7 Å². The van der Waals surface area contributed by atoms with Crippen LogP contribution in [-0.4, -0.2) is 25.8 Å². The second-order valence-electron chi connectivity index (χ2n) is 4.36. The molecule has 0 aliphatic carbocycles. The number of ether oxygens (including phenoxy) is 1. The van der Waals surface area contributed by atoms with Gasteiger partial charge >= 0.3 is 5.97 Å². The van der Waals surface area contributed by atoms with E-state index in [2.05, 4.69) is 10.1 Å². The van der Waals surface area contributed by atoms with Gasteiger partial charge in [0.05, 0.1) is 16.4 Å². The summed E-state index contributed by atoms with van der Waals surface area (Å²) in [6, 6.07) is 3.28. The third-order valence-electron chi connectivity index (χ3n) is 2.83. The Labute approximate surface area is 121 Å². The number of hydrogen-bond acceptors (Lipinski definition) is 4. The van der Waals surface area contributed by atoms with Gasteiger partial charge < -0.3 is 9.84 Å². The summed E-state index contributed by atoms with van der Waals surface area (Å²) >= 11 is 6.11. The smallest absolute Gasteiger partial charge is 0.358 e. The lowest BCUT2D eigenvalue weighted by molar-refractivity contribution is 0.0684. The summed E-state index contributed by atoms with van der Waals surface area (Å²) < 4.78 is 7.14. The summed E-state index contributed by atoms with van der Waals surface area (Å²) in [5.74, 6) is -0.922. The number of aromatic carboxylic acids is 1. The minimum absolute atomic E-state index is 0.111. The van der Waals surface area contributed by atoms with Crippen molar-refractivity contribution in [2.45, 2.75) is 20.5 Å². The first kappa shape index (κ1) is 14.3. The lowest BCUT2D eigenvalue weighted by atomic mass is 10.3. The molecule has 0 aliphatic rings. The summed E-state index contributed by atoms with van der Waals surface area (Å²) in [7, 11) is 1.75. The van der Waals surface area contributed by atoms with Crippen molar-refractivity contribution in [3.8, 4) is 5.75 Å². The average Bonchev–Trinajstić information content (AvgIpc) is 2.62. The van der Waals surface area contributed by atoms with E-state index in [-0.39, 0.29) is 18.1 Å². The van der Waals surface area contributed by atoms with Crippen molar-refractivity contribution in [2.24, 2.45) is 7.05 Å². The first-order valence-electron chi connectivity index (χ1n) is 5.92. The Morgan fingerprint density at radius 1 is 1.45 bits per heavy atom. The normalized spacial score (nSPS) is 10.6. The number of carboxylic acid groups (broad SMARTS) is 1. The molecule has 0 fully saturated rings. The van der Waals surface area contributed by atoms with Gasteiger partial charge in [-0.05, 0) is 26.0 Å². The fraction of sp³-hybridized carbons (Fsp3) is 0.308. The van der Waals surface area contributed by atoms with Gasteiger partial charge in [-0.3, -0.25) is 4.68 Å². The molecule has 2 aromatic rings. The van der Waals surface area contributed by atoms with Gasteiger partial charge in [0.25, 0.3) is 0 Å². The van der Waals surface area contributed by atoms with Crippen molar-refractivity contribution in [3.63, 3.8) is 0 Å². The zero-order chi connectivity index (χ0) is 14.9. The Balaban J connectivity index is 2.25. The van der Waals surface area contributed by atoms with Crippen LogP contribution in [0.25, 0.3) is 0 Å². The zero-order valence-electron chi connectivity index (χ0n) is 11.3. The van der Waals surface area contributed by atoms with Gasteiger partial charge in [-0.1, -0.05) is 11.6 Å². The Morgan fingerprint density at radius 3 is 2.70 bits per heavy atom. The van der Waals surface area contributed by atoms with Crippen molar-refractivity contribution in [1.29, 1.82) is 0 Å². The molecule has 0 bridgehead atoms. The fourth-order valence-electron chi connectivity index (χ4n) is 1.80. The van der Waals surface area contributed by atoms with Crippen LogP contribution in [0.15, 0.2) is 12.1 Å². The summed E-state index contributed by atoms with van der Waals surface area (Å²) in [6.45, 7) is 3.64. The van der Waals surface area contributed by atoms with Gasteiger partial charge in [-0.25, -0.2) is 9.78 Å². The van der Waals surface area contributed by atoms with Gasteiger partial charge in [0.2, 0.25) is 0 Å². The molecule has 0 unspecified atom stereocenters. The first-order chi connectivity index (χ1) is 9.40. The van der Waals surface area contributed by atoms with Crippen LogP contribution in [0.1, 0.15) is 27.6 Å². The predicted molar refractivity (Wildman–Crippen MR) is 73.2 cm³/mol. The van der Waals surface area contributed by atoms with Gasteiger partial charge in [0.1, 0.15) is 6.61 Å². The number of nitrogens with zero attached hydrogens (tertiary/aromatic N) is 3. The molecule has 2 heterocycles. The minimum atomic E-state index is -1.13. The highest BCUT2D eigenvalue weighted by atomic mass is 35.5. The van der Waals surface area contributed by atoms with Gasteiger partial charge in [-0.15, -0.1) is 0 Å². The van der Waals surface area contributed by atoms with Crippen LogP contribution in [0.2, 0.25) is 5.02 Å². The standard InChI is InChI=1S/C13H14ClN3O3/c1-7-4-5-10(12(15-7)13(18)19)20-6-9-11(14)8(2)16-17(9)3/h4-5H,6H2,1-3H3,(H,18,19). The summed E-state index contributed by atoms with van der Waals surface area (Å²) in [4.78, 5) is 15.1. The number of rotatable bonds is 4. The average molecular weight is 296 g/mol. The lowest BCUT2D eigenvalue weighted by Crippen LogP contribution is -2.09. The molecule has 2 rings (SSSR count). The third-order valence-corrected chi connectivity index (χ3v) is 3.32. The highest BCUT2D eigenvalue weighted by molar-refractivity contribution is 6.31. The van der Waals surface area contributed by atoms with Crippen LogP contribution in [0.5, 0.6) is 5.75 Å². The van der Waals surface area contributed by atoms with E-state index in [0.717, 1.165) is 0 Å². The molecule has 0 saturated carbocycles. The second kappa shape index (κ2) is 5.50. The lowest BCUT2D eigenvalue weighted by Gasteiger charge is -2.09. The highest BCUT2D eigenvalue weighted by Crippen LogP contribution is 2.23. The van der Waals surface area contributed by atoms with Gasteiger partial charge in [0.15, 0.2) is 11.4 Å². The Hall–Kier alpha value is -2.08. The van der Waals surface area contributed by atoms with Crippen molar-refractivity contribution in [2.75, 3.05) is 0 Å². The first-order valence-corrected chi connectivity index (χ1v) is 6.29. The summed E-state index contributed by atoms with van der Waals surface area (Å²) in [5.41, 5.74) is 1.89. The molecule has 106 valence electrons. The molecule has 0 aromatic carbocycles. The molecule has 0 amide bonds. The van der Waals surface area contributed by atoms with Crippen molar-refractivity contribution < 1.29 is 14.6 Å². The largest absolute Gasteiger partial charge is 0.485 e. The molecule has 0 saturated heterocycles. The molecule has 0 aliphatic heterocycles. The maximum atomic E-state index is 11.1. The molecule has 0 spiro atoms. The van der Waals surface area contributed by atoms with E-state index in [4.69, 9.17) is 21.4 Å². The van der Waals surface area contributed by atoms with E-state index in [0.29, 0.717) is 22.1 Å². The molecule has 20 heavy (non-hydrogen) atoms. The highest BCUT2D eigenvalue weighted by Gasteiger charge is 2.16. The van der Waals surface area contributed by atoms with Crippen LogP contribution in [-0.2, 0) is 13.7 Å². The number of aromatic nitrogens is 3. The molecule has 7 heteroatoms. The van der Waals surface area contributed by atoms with Crippen LogP contribution < -0.4 is 4.74 Å². The summed E-state index contributed by atoms with van der Waals surface area (Å²) in [6.07, 6.45) is 0. The quantitative estimate of drug-likeness (QED) is 0.937. The molecular formula is C13H14ClN3O3. The van der Waals surface area contributed by atoms with Crippen molar-refractivity contribution >= 4 is 17.6 Å². The SMILES string of the molecule is Cc1ccc(OCc2c(Cl)c(C)nn2C)c(C(=O)O)n1. The van der Waals surface area contributed by atoms with E-state index in [1.165, 1.54) is 0 Å². The molecule has 1 N–H and O–H groups in total. The Kier molecular flexibility index (Phi) is 3.94. The Bertz CT molecular complexity index is 667. The summed E-state index contributed by atoms with van der Waals surface area (Å²) in [5, 5.41) is 13.8. The molecule has 6 nitrogen and oxygen atoms in total. The number of carboxylic acids is 1. The van der Waals surface area contributed by atoms with Gasteiger partial charge in [-0.2, -0.15) is 5.10 Å². The van der Waals surface area contributed by atoms with Crippen molar-refractivity contribution in [3.05, 3.63) is 39.9 Å². The van der Waals surface area contributed by atoms with E-state index < -0.39 is 5.97 Å². The number of aryl methyl sites for hydroxylation is 3. The minimum Gasteiger partial charge on any atom is -0.485 e. The zero-order valence-corrected chi connectivity index (χ0v) is 12.1. The maximum Gasteiger partial charge on any atom is 0.358 e. The van der Waals surface area contributed by atoms with E-state index in [9.17, 15) is 4.79 Å². The monoisotopic (exact) mass is 295 g/mol. The van der Waals surface area contributed by atoms with Crippen molar-refractivity contribution in [1.82, 2.24) is 14.8 Å². The van der Waals surface area contributed by atoms with Crippen LogP contribution in [0.3, 0.4) is 0 Å². The number of carbonyl (C=O) groups is 1. The van der Waals surface area contributed by atoms with Crippen LogP contribution in [0, 0.1) is 13.8 Å². The number of hydrogen-bond donors (Lipinski definition) is 1. The van der Waals surface area contributed by atoms with Crippen LogP contribution >= 0.6 is 11.6 Å². The number of pyridine rings is 1.